The summed E-state index contributed by atoms with van der Waals surface area (Å²) >= 11 is 0. The van der Waals surface area contributed by atoms with Crippen LogP contribution in [0, 0.1) is 23.2 Å². The molecule has 3 unspecified atom stereocenters. The Labute approximate surface area is 177 Å². The lowest BCUT2D eigenvalue weighted by Gasteiger charge is -2.64. The van der Waals surface area contributed by atoms with Crippen molar-refractivity contribution < 1.29 is 24.2 Å². The van der Waals surface area contributed by atoms with E-state index in [-0.39, 0.29) is 23.7 Å². The standard InChI is InChI=1S/C22H35N3O5/c1-20(2,30-19(24)28)16(7-17(26)25-5-3-4-15(25)18(23)27)21-8-13-6-14(9-21)11-22(29,10-13)12-21/h13-16,29H,3-12H2,1-2H3,(H2,23,27)(H2,24,28)/t13?,14?,15-,16?,21?,22?/m0/s1. The number of likely N-dealkylation sites (tertiary alicyclic amines) is 1. The number of nitrogens with zero attached hydrogens (tertiary/aromatic N) is 1. The van der Waals surface area contributed by atoms with Crippen molar-refractivity contribution in [3.63, 3.8) is 0 Å². The molecule has 0 aromatic heterocycles. The van der Waals surface area contributed by atoms with Gasteiger partial charge in [0, 0.05) is 18.9 Å². The molecule has 8 nitrogen and oxygen atoms in total. The molecular weight excluding hydrogens is 386 g/mol. The lowest BCUT2D eigenvalue weighted by molar-refractivity contribution is -0.206. The predicted molar refractivity (Wildman–Crippen MR) is 109 cm³/mol. The highest BCUT2D eigenvalue weighted by molar-refractivity contribution is 5.87. The molecule has 0 aromatic rings. The summed E-state index contributed by atoms with van der Waals surface area (Å²) in [6.45, 7) is 4.14. The summed E-state index contributed by atoms with van der Waals surface area (Å²) in [4.78, 5) is 38.5. The van der Waals surface area contributed by atoms with Gasteiger partial charge in [0.2, 0.25) is 11.8 Å². The third-order valence-electron chi connectivity index (χ3n) is 8.30. The van der Waals surface area contributed by atoms with Gasteiger partial charge in [0.15, 0.2) is 0 Å². The van der Waals surface area contributed by atoms with Crippen molar-refractivity contribution in [3.8, 4) is 0 Å². The van der Waals surface area contributed by atoms with Crippen LogP contribution in [-0.2, 0) is 14.3 Å². The third kappa shape index (κ3) is 3.67. The van der Waals surface area contributed by atoms with Crippen molar-refractivity contribution in [2.75, 3.05) is 6.54 Å². The minimum absolute atomic E-state index is 0.134. The number of nitrogens with two attached hydrogens (primary N) is 2. The molecule has 1 saturated heterocycles. The van der Waals surface area contributed by atoms with Gasteiger partial charge in [-0.25, -0.2) is 4.79 Å². The smallest absolute Gasteiger partial charge is 0.405 e. The summed E-state index contributed by atoms with van der Waals surface area (Å²) in [6, 6.07) is -0.570. The molecule has 1 aliphatic heterocycles. The van der Waals surface area contributed by atoms with Crippen LogP contribution in [0.1, 0.15) is 71.6 Å². The van der Waals surface area contributed by atoms with Crippen LogP contribution in [-0.4, -0.2) is 51.7 Å². The molecule has 8 heteroatoms. The van der Waals surface area contributed by atoms with Gasteiger partial charge in [-0.3, -0.25) is 9.59 Å². The van der Waals surface area contributed by atoms with Crippen LogP contribution in [0.3, 0.4) is 0 Å². The van der Waals surface area contributed by atoms with E-state index >= 15 is 0 Å². The molecule has 4 atom stereocenters. The number of amides is 3. The van der Waals surface area contributed by atoms with Gasteiger partial charge in [0.25, 0.3) is 0 Å². The maximum atomic E-state index is 13.4. The van der Waals surface area contributed by atoms with Gasteiger partial charge in [-0.1, -0.05) is 0 Å². The van der Waals surface area contributed by atoms with Crippen molar-refractivity contribution in [2.24, 2.45) is 34.6 Å². The van der Waals surface area contributed by atoms with E-state index in [1.54, 1.807) is 4.90 Å². The van der Waals surface area contributed by atoms with Gasteiger partial charge in [-0.2, -0.15) is 0 Å². The van der Waals surface area contributed by atoms with Gasteiger partial charge in [-0.05, 0) is 82.5 Å². The predicted octanol–water partition coefficient (Wildman–Crippen LogP) is 1.67. The zero-order chi connectivity index (χ0) is 21.9. The van der Waals surface area contributed by atoms with Crippen molar-refractivity contribution in [1.29, 1.82) is 0 Å². The fourth-order valence-corrected chi connectivity index (χ4v) is 7.87. The first-order valence-electron chi connectivity index (χ1n) is 11.2. The molecule has 30 heavy (non-hydrogen) atoms. The quantitative estimate of drug-likeness (QED) is 0.599. The van der Waals surface area contributed by atoms with Gasteiger partial charge in [0.05, 0.1) is 5.60 Å². The monoisotopic (exact) mass is 421 g/mol. The molecule has 5 rings (SSSR count). The summed E-state index contributed by atoms with van der Waals surface area (Å²) in [5.74, 6) is -0.0392. The number of primary amides is 2. The highest BCUT2D eigenvalue weighted by Gasteiger charge is 2.62. The van der Waals surface area contributed by atoms with Crippen LogP contribution in [0.5, 0.6) is 0 Å². The third-order valence-corrected chi connectivity index (χ3v) is 8.30. The molecule has 1 heterocycles. The Hall–Kier alpha value is -1.83. The van der Waals surface area contributed by atoms with Crippen LogP contribution in [0.4, 0.5) is 4.79 Å². The molecule has 4 saturated carbocycles. The van der Waals surface area contributed by atoms with Crippen LogP contribution in [0.15, 0.2) is 0 Å². The minimum Gasteiger partial charge on any atom is -0.443 e. The molecule has 0 aromatic carbocycles. The van der Waals surface area contributed by atoms with Gasteiger partial charge in [0.1, 0.15) is 11.6 Å². The van der Waals surface area contributed by atoms with Crippen LogP contribution >= 0.6 is 0 Å². The first-order valence-corrected chi connectivity index (χ1v) is 11.2. The van der Waals surface area contributed by atoms with E-state index in [1.807, 2.05) is 13.8 Å². The summed E-state index contributed by atoms with van der Waals surface area (Å²) in [6.07, 6.45) is 5.85. The number of carbonyl (C=O) groups excluding carboxylic acids is 3. The number of hydrogen-bond donors (Lipinski definition) is 3. The molecule has 5 fully saturated rings. The van der Waals surface area contributed by atoms with Gasteiger partial charge in [-0.15, -0.1) is 0 Å². The van der Waals surface area contributed by atoms with Crippen LogP contribution in [0.25, 0.3) is 0 Å². The second-order valence-electron chi connectivity index (χ2n) is 11.0. The molecule has 3 amide bonds. The Morgan fingerprint density at radius 1 is 1.17 bits per heavy atom. The van der Waals surface area contributed by atoms with Crippen LogP contribution in [0.2, 0.25) is 0 Å². The molecule has 4 aliphatic carbocycles. The summed E-state index contributed by atoms with van der Waals surface area (Å²) in [5.41, 5.74) is 8.96. The van der Waals surface area contributed by atoms with E-state index in [1.165, 1.54) is 0 Å². The van der Waals surface area contributed by atoms with E-state index in [0.29, 0.717) is 31.2 Å². The van der Waals surface area contributed by atoms with E-state index in [2.05, 4.69) is 0 Å². The molecule has 5 aliphatic rings. The first kappa shape index (κ1) is 21.4. The normalized spacial score (nSPS) is 38.5. The van der Waals surface area contributed by atoms with Gasteiger partial charge >= 0.3 is 6.09 Å². The summed E-state index contributed by atoms with van der Waals surface area (Å²) in [7, 11) is 0. The molecule has 5 N–H and O–H groups in total. The number of ether oxygens (including phenoxy) is 1. The fourth-order valence-electron chi connectivity index (χ4n) is 7.87. The average Bonchev–Trinajstić information content (AvgIpc) is 3.05. The Morgan fingerprint density at radius 3 is 2.33 bits per heavy atom. The summed E-state index contributed by atoms with van der Waals surface area (Å²) in [5, 5.41) is 11.2. The second-order valence-corrected chi connectivity index (χ2v) is 11.0. The summed E-state index contributed by atoms with van der Waals surface area (Å²) < 4.78 is 5.55. The Kier molecular flexibility index (Phi) is 5.07. The maximum absolute atomic E-state index is 13.4. The maximum Gasteiger partial charge on any atom is 0.405 e. The number of aliphatic hydroxyl groups is 1. The lowest BCUT2D eigenvalue weighted by Crippen LogP contribution is -2.62. The highest BCUT2D eigenvalue weighted by Crippen LogP contribution is 2.66. The lowest BCUT2D eigenvalue weighted by atomic mass is 9.43. The average molecular weight is 422 g/mol. The van der Waals surface area contributed by atoms with E-state index in [9.17, 15) is 19.5 Å². The second kappa shape index (κ2) is 7.11. The zero-order valence-electron chi connectivity index (χ0n) is 18.1. The SMILES string of the molecule is CC(C)(OC(N)=O)C(CC(=O)N1CCC[C@H]1C(N)=O)C12CC3CC(CC(O)(C3)C1)C2. The number of rotatable bonds is 6. The van der Waals surface area contributed by atoms with E-state index < -0.39 is 29.2 Å². The topological polar surface area (TPSA) is 136 Å². The zero-order valence-corrected chi connectivity index (χ0v) is 18.1. The largest absolute Gasteiger partial charge is 0.443 e. The van der Waals surface area contributed by atoms with Crippen molar-refractivity contribution in [3.05, 3.63) is 0 Å². The fraction of sp³-hybridized carbons (Fsp3) is 0.864. The number of hydrogen-bond acceptors (Lipinski definition) is 5. The highest BCUT2D eigenvalue weighted by atomic mass is 16.6. The Balaban J connectivity index is 1.65. The molecule has 0 radical (unpaired) electrons. The van der Waals surface area contributed by atoms with Crippen molar-refractivity contribution >= 4 is 17.9 Å². The first-order chi connectivity index (χ1) is 13.9. The molecule has 168 valence electrons. The van der Waals surface area contributed by atoms with Crippen LogP contribution < -0.4 is 11.5 Å². The minimum atomic E-state index is -0.967. The van der Waals surface area contributed by atoms with E-state index in [0.717, 1.165) is 38.5 Å². The Bertz CT molecular complexity index is 737. The van der Waals surface area contributed by atoms with Gasteiger partial charge < -0.3 is 26.2 Å². The van der Waals surface area contributed by atoms with Crippen molar-refractivity contribution in [2.45, 2.75) is 88.9 Å². The van der Waals surface area contributed by atoms with E-state index in [4.69, 9.17) is 16.2 Å². The molecular formula is C22H35N3O5. The van der Waals surface area contributed by atoms with Crippen molar-refractivity contribution in [1.82, 2.24) is 4.90 Å². The molecule has 0 spiro atoms. The molecule has 4 bridgehead atoms. The Morgan fingerprint density at radius 2 is 1.80 bits per heavy atom. The number of carbonyl (C=O) groups is 3.